The number of aryl methyl sites for hydroxylation is 1. The molecule has 1 atom stereocenters. The highest BCUT2D eigenvalue weighted by Gasteiger charge is 2.07. The average molecular weight is 236 g/mol. The van der Waals surface area contributed by atoms with Crippen LogP contribution < -0.4 is 5.32 Å². The first-order valence-electron chi connectivity index (χ1n) is 6.02. The molecule has 0 bridgehead atoms. The fourth-order valence-corrected chi connectivity index (χ4v) is 1.60. The zero-order valence-electron chi connectivity index (χ0n) is 10.2. The van der Waals surface area contributed by atoms with Crippen molar-refractivity contribution in [2.75, 3.05) is 6.61 Å². The van der Waals surface area contributed by atoms with Crippen molar-refractivity contribution in [3.63, 3.8) is 0 Å². The number of aliphatic hydroxyl groups excluding tert-OH is 1. The van der Waals surface area contributed by atoms with Gasteiger partial charge >= 0.3 is 0 Å². The van der Waals surface area contributed by atoms with E-state index < -0.39 is 0 Å². The third kappa shape index (κ3) is 6.02. The van der Waals surface area contributed by atoms with Crippen LogP contribution in [0.5, 0.6) is 0 Å². The zero-order valence-corrected chi connectivity index (χ0v) is 10.2. The number of rotatable bonds is 7. The third-order valence-corrected chi connectivity index (χ3v) is 2.54. The number of nitrogens with one attached hydrogen (secondary N) is 1. The van der Waals surface area contributed by atoms with Crippen LogP contribution in [0.2, 0.25) is 0 Å². The summed E-state index contributed by atoms with van der Waals surface area (Å²) < 4.78 is 0. The molecule has 0 spiro atoms. The van der Waals surface area contributed by atoms with Gasteiger partial charge in [0.25, 0.3) is 0 Å². The lowest BCUT2D eigenvalue weighted by molar-refractivity contribution is -0.121. The summed E-state index contributed by atoms with van der Waals surface area (Å²) in [6, 6.07) is 5.83. The summed E-state index contributed by atoms with van der Waals surface area (Å²) in [4.78, 5) is 15.8. The van der Waals surface area contributed by atoms with Crippen molar-refractivity contribution < 1.29 is 9.90 Å². The number of amides is 1. The predicted octanol–water partition coefficient (Wildman–Crippen LogP) is 1.29. The van der Waals surface area contributed by atoms with Gasteiger partial charge in [-0.3, -0.25) is 9.78 Å². The largest absolute Gasteiger partial charge is 0.396 e. The minimum absolute atomic E-state index is 0.0427. The fourth-order valence-electron chi connectivity index (χ4n) is 1.60. The zero-order chi connectivity index (χ0) is 12.5. The molecule has 0 saturated heterocycles. The van der Waals surface area contributed by atoms with Crippen molar-refractivity contribution in [3.8, 4) is 0 Å². The van der Waals surface area contributed by atoms with Crippen LogP contribution in [0.1, 0.15) is 31.9 Å². The van der Waals surface area contributed by atoms with Crippen LogP contribution in [0.4, 0.5) is 0 Å². The lowest BCUT2D eigenvalue weighted by Gasteiger charge is -2.12. The first-order chi connectivity index (χ1) is 8.22. The smallest absolute Gasteiger partial charge is 0.220 e. The Bertz CT molecular complexity index is 327. The number of carbonyl (C=O) groups is 1. The van der Waals surface area contributed by atoms with Crippen molar-refractivity contribution in [1.29, 1.82) is 0 Å². The Hall–Kier alpha value is -1.42. The summed E-state index contributed by atoms with van der Waals surface area (Å²) in [5.41, 5.74) is 0.936. The van der Waals surface area contributed by atoms with Gasteiger partial charge in [-0.25, -0.2) is 0 Å². The monoisotopic (exact) mass is 236 g/mol. The van der Waals surface area contributed by atoms with E-state index in [1.54, 1.807) is 6.20 Å². The number of hydrogen-bond donors (Lipinski definition) is 2. The highest BCUT2D eigenvalue weighted by atomic mass is 16.2. The maximum atomic E-state index is 11.6. The van der Waals surface area contributed by atoms with E-state index in [0.717, 1.165) is 18.5 Å². The molecule has 1 aromatic heterocycles. The van der Waals surface area contributed by atoms with Crippen LogP contribution in [0, 0.1) is 0 Å². The maximum Gasteiger partial charge on any atom is 0.220 e. The number of aromatic nitrogens is 1. The third-order valence-electron chi connectivity index (χ3n) is 2.54. The van der Waals surface area contributed by atoms with E-state index in [1.807, 2.05) is 25.1 Å². The van der Waals surface area contributed by atoms with Crippen molar-refractivity contribution in [2.24, 2.45) is 0 Å². The van der Waals surface area contributed by atoms with E-state index in [4.69, 9.17) is 5.11 Å². The first kappa shape index (κ1) is 13.6. The van der Waals surface area contributed by atoms with E-state index >= 15 is 0 Å². The van der Waals surface area contributed by atoms with Gasteiger partial charge in [0, 0.05) is 31.0 Å². The molecule has 1 heterocycles. The minimum Gasteiger partial charge on any atom is -0.396 e. The summed E-state index contributed by atoms with van der Waals surface area (Å²) in [7, 11) is 0. The summed E-state index contributed by atoms with van der Waals surface area (Å²) in [5.74, 6) is 0.0427. The molecule has 1 rings (SSSR count). The molecule has 1 aromatic rings. The second-order valence-electron chi connectivity index (χ2n) is 4.16. The van der Waals surface area contributed by atoms with Gasteiger partial charge in [0.05, 0.1) is 0 Å². The summed E-state index contributed by atoms with van der Waals surface area (Å²) in [5, 5.41) is 11.6. The Morgan fingerprint density at radius 1 is 1.53 bits per heavy atom. The second kappa shape index (κ2) is 7.79. The second-order valence-corrected chi connectivity index (χ2v) is 4.16. The standard InChI is InChI=1S/C13H20N2O2/c1-11(5-4-10-16)15-13(17)8-7-12-6-2-3-9-14-12/h2-3,6,9,11,16H,4-5,7-8,10H2,1H3,(H,15,17). The molecule has 4 nitrogen and oxygen atoms in total. The number of carbonyl (C=O) groups excluding carboxylic acids is 1. The van der Waals surface area contributed by atoms with Crippen LogP contribution in [0.15, 0.2) is 24.4 Å². The van der Waals surface area contributed by atoms with Crippen molar-refractivity contribution in [2.45, 2.75) is 38.6 Å². The van der Waals surface area contributed by atoms with Crippen LogP contribution >= 0.6 is 0 Å². The summed E-state index contributed by atoms with van der Waals surface area (Å²) in [6.07, 6.45) is 4.39. The quantitative estimate of drug-likeness (QED) is 0.750. The highest BCUT2D eigenvalue weighted by molar-refractivity contribution is 5.76. The number of aliphatic hydroxyl groups is 1. The van der Waals surface area contributed by atoms with Gasteiger partial charge in [-0.15, -0.1) is 0 Å². The lowest BCUT2D eigenvalue weighted by atomic mass is 10.1. The topological polar surface area (TPSA) is 62.2 Å². The summed E-state index contributed by atoms with van der Waals surface area (Å²) in [6.45, 7) is 2.13. The van der Waals surface area contributed by atoms with E-state index in [-0.39, 0.29) is 18.6 Å². The molecule has 0 aliphatic carbocycles. The van der Waals surface area contributed by atoms with Gasteiger partial charge in [-0.1, -0.05) is 6.07 Å². The normalized spacial score (nSPS) is 12.1. The Morgan fingerprint density at radius 3 is 3.00 bits per heavy atom. The van der Waals surface area contributed by atoms with E-state index in [2.05, 4.69) is 10.3 Å². The molecule has 0 saturated carbocycles. The van der Waals surface area contributed by atoms with Crippen LogP contribution in [-0.4, -0.2) is 28.6 Å². The molecular weight excluding hydrogens is 216 g/mol. The first-order valence-corrected chi connectivity index (χ1v) is 6.02. The highest BCUT2D eigenvalue weighted by Crippen LogP contribution is 2.00. The summed E-state index contributed by atoms with van der Waals surface area (Å²) >= 11 is 0. The maximum absolute atomic E-state index is 11.6. The van der Waals surface area contributed by atoms with Crippen LogP contribution in [0.3, 0.4) is 0 Å². The van der Waals surface area contributed by atoms with Crippen molar-refractivity contribution in [1.82, 2.24) is 10.3 Å². The molecule has 0 fully saturated rings. The number of hydrogen-bond acceptors (Lipinski definition) is 3. The number of pyridine rings is 1. The van der Waals surface area contributed by atoms with Gasteiger partial charge in [0.2, 0.25) is 5.91 Å². The van der Waals surface area contributed by atoms with E-state index in [9.17, 15) is 4.79 Å². The molecule has 17 heavy (non-hydrogen) atoms. The van der Waals surface area contributed by atoms with Crippen molar-refractivity contribution in [3.05, 3.63) is 30.1 Å². The lowest BCUT2D eigenvalue weighted by Crippen LogP contribution is -2.32. The molecule has 1 unspecified atom stereocenters. The van der Waals surface area contributed by atoms with Crippen molar-refractivity contribution >= 4 is 5.91 Å². The Labute approximate surface area is 102 Å². The molecule has 0 aromatic carbocycles. The van der Waals surface area contributed by atoms with Gasteiger partial charge in [-0.05, 0) is 38.3 Å². The molecule has 0 aliphatic heterocycles. The Morgan fingerprint density at radius 2 is 2.35 bits per heavy atom. The van der Waals surface area contributed by atoms with Crippen LogP contribution in [-0.2, 0) is 11.2 Å². The molecule has 0 aliphatic rings. The molecular formula is C13H20N2O2. The fraction of sp³-hybridized carbons (Fsp3) is 0.538. The number of nitrogens with zero attached hydrogens (tertiary/aromatic N) is 1. The van der Waals surface area contributed by atoms with E-state index in [0.29, 0.717) is 12.8 Å². The Kier molecular flexibility index (Phi) is 6.25. The SMILES string of the molecule is CC(CCCO)NC(=O)CCc1ccccn1. The molecule has 2 N–H and O–H groups in total. The van der Waals surface area contributed by atoms with Gasteiger partial charge in [0.15, 0.2) is 0 Å². The van der Waals surface area contributed by atoms with E-state index in [1.165, 1.54) is 0 Å². The predicted molar refractivity (Wildman–Crippen MR) is 66.5 cm³/mol. The molecule has 4 heteroatoms. The molecule has 0 radical (unpaired) electrons. The minimum atomic E-state index is 0.0427. The molecule has 1 amide bonds. The molecule has 94 valence electrons. The van der Waals surface area contributed by atoms with Gasteiger partial charge in [0.1, 0.15) is 0 Å². The average Bonchev–Trinajstić information content (AvgIpc) is 2.35. The van der Waals surface area contributed by atoms with Gasteiger partial charge in [-0.2, -0.15) is 0 Å². The Balaban J connectivity index is 2.21. The van der Waals surface area contributed by atoms with Gasteiger partial charge < -0.3 is 10.4 Å². The van der Waals surface area contributed by atoms with Crippen LogP contribution in [0.25, 0.3) is 0 Å².